The Labute approximate surface area is 174 Å². The molecule has 0 atom stereocenters. The molecule has 4 aromatic rings. The van der Waals surface area contributed by atoms with Crippen LogP contribution in [-0.4, -0.2) is 23.0 Å². The van der Waals surface area contributed by atoms with Crippen LogP contribution in [0, 0.1) is 0 Å². The molecule has 4 nitrogen and oxygen atoms in total. The number of aromatic nitrogens is 2. The lowest BCUT2D eigenvalue weighted by molar-refractivity contribution is 0.0603. The summed E-state index contributed by atoms with van der Waals surface area (Å²) >= 11 is 15.3. The molecule has 0 N–H and O–H groups in total. The van der Waals surface area contributed by atoms with E-state index in [0.29, 0.717) is 26.5 Å². The van der Waals surface area contributed by atoms with Gasteiger partial charge in [0, 0.05) is 27.6 Å². The first kappa shape index (κ1) is 19.5. The number of para-hydroxylation sites is 2. The zero-order chi connectivity index (χ0) is 19.4. The smallest absolute Gasteiger partial charge is 0.338 e. The van der Waals surface area contributed by atoms with Gasteiger partial charge in [-0.25, -0.2) is 4.79 Å². The molecule has 136 valence electrons. The van der Waals surface area contributed by atoms with Crippen molar-refractivity contribution < 1.29 is 9.53 Å². The second-order valence-electron chi connectivity index (χ2n) is 5.41. The van der Waals surface area contributed by atoms with E-state index in [1.165, 1.54) is 7.11 Å². The van der Waals surface area contributed by atoms with Crippen molar-refractivity contribution in [3.8, 4) is 0 Å². The number of carbonyl (C=O) groups is 1. The highest BCUT2D eigenvalue weighted by Crippen LogP contribution is 2.26. The van der Waals surface area contributed by atoms with E-state index in [4.69, 9.17) is 23.2 Å². The van der Waals surface area contributed by atoms with Crippen molar-refractivity contribution in [1.82, 2.24) is 9.97 Å². The fourth-order valence-corrected chi connectivity index (χ4v) is 3.42. The topological polar surface area (TPSA) is 52.1 Å². The van der Waals surface area contributed by atoms with E-state index >= 15 is 0 Å². The number of nitrogens with zero attached hydrogens (tertiary/aromatic N) is 2. The van der Waals surface area contributed by atoms with Gasteiger partial charge in [0.05, 0.1) is 33.8 Å². The zero-order valence-electron chi connectivity index (χ0n) is 14.1. The maximum atomic E-state index is 11.4. The molecule has 0 radical (unpaired) electrons. The number of fused-ring (bicyclic) bond motifs is 2. The lowest BCUT2D eigenvalue weighted by atomic mass is 10.1. The van der Waals surface area contributed by atoms with Gasteiger partial charge in [0.1, 0.15) is 0 Å². The van der Waals surface area contributed by atoms with Gasteiger partial charge in [-0.3, -0.25) is 9.97 Å². The monoisotopic (exact) mass is 462 g/mol. The quantitative estimate of drug-likeness (QED) is 0.309. The molecule has 0 amide bonds. The number of rotatable bonds is 1. The van der Waals surface area contributed by atoms with Gasteiger partial charge >= 0.3 is 5.97 Å². The molecule has 2 aromatic carbocycles. The molecule has 0 unspecified atom stereocenters. The average Bonchev–Trinajstić information content (AvgIpc) is 2.69. The highest BCUT2D eigenvalue weighted by Gasteiger charge is 2.11. The van der Waals surface area contributed by atoms with Crippen LogP contribution in [0.4, 0.5) is 0 Å². The van der Waals surface area contributed by atoms with Crippen molar-refractivity contribution in [3.05, 3.63) is 81.0 Å². The summed E-state index contributed by atoms with van der Waals surface area (Å²) in [5.74, 6) is -0.385. The fraction of sp³-hybridized carbons (Fsp3) is 0.0500. The van der Waals surface area contributed by atoms with Crippen molar-refractivity contribution in [3.63, 3.8) is 0 Å². The second kappa shape index (κ2) is 8.65. The molecule has 7 heteroatoms. The molecule has 0 saturated carbocycles. The minimum Gasteiger partial charge on any atom is -0.465 e. The van der Waals surface area contributed by atoms with Crippen LogP contribution in [-0.2, 0) is 4.74 Å². The zero-order valence-corrected chi connectivity index (χ0v) is 17.2. The van der Waals surface area contributed by atoms with Crippen molar-refractivity contribution >= 4 is 66.9 Å². The van der Waals surface area contributed by atoms with Gasteiger partial charge in [-0.1, -0.05) is 63.4 Å². The number of carbonyl (C=O) groups excluding carboxylic acids is 1. The SMILES string of the molecule is COC(=O)c1ccnc2c(Cl)cccc12.Clc1cccc2c(Br)ccnc12. The van der Waals surface area contributed by atoms with Crippen LogP contribution >= 0.6 is 39.1 Å². The number of benzene rings is 2. The molecule has 0 fully saturated rings. The van der Waals surface area contributed by atoms with Crippen molar-refractivity contribution in [2.75, 3.05) is 7.11 Å². The first-order chi connectivity index (χ1) is 13.0. The van der Waals surface area contributed by atoms with E-state index < -0.39 is 0 Å². The number of esters is 1. The minimum absolute atomic E-state index is 0.385. The summed E-state index contributed by atoms with van der Waals surface area (Å²) in [5, 5.41) is 2.97. The number of hydrogen-bond donors (Lipinski definition) is 0. The Kier molecular flexibility index (Phi) is 6.26. The highest BCUT2D eigenvalue weighted by molar-refractivity contribution is 9.10. The third kappa shape index (κ3) is 4.21. The highest BCUT2D eigenvalue weighted by atomic mass is 79.9. The van der Waals surface area contributed by atoms with Crippen LogP contribution in [0.3, 0.4) is 0 Å². The standard InChI is InChI=1S/C11H8ClNO2.C9H5BrClN/c1-15-11(14)8-5-6-13-10-7(8)3-2-4-9(10)12;10-7-4-5-12-9-6(7)2-1-3-8(9)11/h2-6H,1H3;1-5H. The van der Waals surface area contributed by atoms with Gasteiger partial charge in [-0.15, -0.1) is 0 Å². The van der Waals surface area contributed by atoms with Crippen LogP contribution in [0.2, 0.25) is 10.0 Å². The molecule has 4 rings (SSSR count). The van der Waals surface area contributed by atoms with Gasteiger partial charge in [0.15, 0.2) is 0 Å². The summed E-state index contributed by atoms with van der Waals surface area (Å²) in [5.41, 5.74) is 1.93. The van der Waals surface area contributed by atoms with E-state index in [2.05, 4.69) is 30.6 Å². The minimum atomic E-state index is -0.385. The maximum absolute atomic E-state index is 11.4. The summed E-state index contributed by atoms with van der Waals surface area (Å²) in [4.78, 5) is 19.7. The molecule has 0 saturated heterocycles. The Balaban J connectivity index is 0.000000159. The van der Waals surface area contributed by atoms with Gasteiger partial charge < -0.3 is 4.74 Å². The molecule has 27 heavy (non-hydrogen) atoms. The van der Waals surface area contributed by atoms with Gasteiger partial charge in [-0.2, -0.15) is 0 Å². The summed E-state index contributed by atoms with van der Waals surface area (Å²) in [6, 6.07) is 14.6. The molecule has 0 aliphatic rings. The maximum Gasteiger partial charge on any atom is 0.338 e. The lowest BCUT2D eigenvalue weighted by Gasteiger charge is -2.04. The third-order valence-corrected chi connectivity index (χ3v) is 5.10. The van der Waals surface area contributed by atoms with Crippen LogP contribution in [0.1, 0.15) is 10.4 Å². The Bertz CT molecular complexity index is 1090. The number of pyridine rings is 2. The molecule has 0 bridgehead atoms. The molecular weight excluding hydrogens is 451 g/mol. The van der Waals surface area contributed by atoms with Crippen LogP contribution in [0.5, 0.6) is 0 Å². The van der Waals surface area contributed by atoms with Crippen LogP contribution in [0.25, 0.3) is 21.8 Å². The van der Waals surface area contributed by atoms with E-state index in [1.807, 2.05) is 24.3 Å². The number of halogens is 3. The van der Waals surface area contributed by atoms with Crippen molar-refractivity contribution in [1.29, 1.82) is 0 Å². The molecule has 2 aromatic heterocycles. The largest absolute Gasteiger partial charge is 0.465 e. The molecule has 2 heterocycles. The normalized spacial score (nSPS) is 10.4. The summed E-state index contributed by atoms with van der Waals surface area (Å²) in [6.07, 6.45) is 3.28. The van der Waals surface area contributed by atoms with Crippen molar-refractivity contribution in [2.24, 2.45) is 0 Å². The Morgan fingerprint density at radius 2 is 1.44 bits per heavy atom. The van der Waals surface area contributed by atoms with E-state index in [0.717, 1.165) is 15.4 Å². The second-order valence-corrected chi connectivity index (χ2v) is 7.08. The van der Waals surface area contributed by atoms with E-state index in [9.17, 15) is 4.79 Å². The first-order valence-electron chi connectivity index (χ1n) is 7.83. The molecule has 0 aliphatic heterocycles. The predicted molar refractivity (Wildman–Crippen MR) is 113 cm³/mol. The van der Waals surface area contributed by atoms with Crippen LogP contribution in [0.15, 0.2) is 65.4 Å². The van der Waals surface area contributed by atoms with Crippen LogP contribution < -0.4 is 0 Å². The van der Waals surface area contributed by atoms with Gasteiger partial charge in [0.2, 0.25) is 0 Å². The van der Waals surface area contributed by atoms with Gasteiger partial charge in [-0.05, 0) is 24.3 Å². The number of hydrogen-bond acceptors (Lipinski definition) is 4. The summed E-state index contributed by atoms with van der Waals surface area (Å²) in [6.45, 7) is 0. The van der Waals surface area contributed by atoms with Crippen molar-refractivity contribution in [2.45, 2.75) is 0 Å². The molecule has 0 aliphatic carbocycles. The number of methoxy groups -OCH3 is 1. The van der Waals surface area contributed by atoms with E-state index in [1.54, 1.807) is 36.7 Å². The Morgan fingerprint density at radius 3 is 2.04 bits per heavy atom. The average molecular weight is 464 g/mol. The predicted octanol–water partition coefficient (Wildman–Crippen LogP) is 6.33. The van der Waals surface area contributed by atoms with Gasteiger partial charge in [0.25, 0.3) is 0 Å². The summed E-state index contributed by atoms with van der Waals surface area (Å²) in [7, 11) is 1.35. The molecule has 0 spiro atoms. The van der Waals surface area contributed by atoms with E-state index in [-0.39, 0.29) is 5.97 Å². The Hall–Kier alpha value is -2.21. The Morgan fingerprint density at radius 1 is 0.889 bits per heavy atom. The first-order valence-corrected chi connectivity index (χ1v) is 9.38. The summed E-state index contributed by atoms with van der Waals surface area (Å²) < 4.78 is 5.70. The number of ether oxygens (including phenoxy) is 1. The third-order valence-electron chi connectivity index (χ3n) is 3.80. The molecular formula is C20H13BrCl2N2O2. The fourth-order valence-electron chi connectivity index (χ4n) is 2.53. The lowest BCUT2D eigenvalue weighted by Crippen LogP contribution is -2.02.